The van der Waals surface area contributed by atoms with Gasteiger partial charge in [0.25, 0.3) is 0 Å². The van der Waals surface area contributed by atoms with Crippen LogP contribution in [0.15, 0.2) is 52.0 Å². The molecule has 0 bridgehead atoms. The summed E-state index contributed by atoms with van der Waals surface area (Å²) in [5, 5.41) is 9.56. The highest BCUT2D eigenvalue weighted by atomic mass is 32.2. The maximum atomic E-state index is 13.6. The van der Waals surface area contributed by atoms with Gasteiger partial charge in [-0.1, -0.05) is 43.4 Å². The van der Waals surface area contributed by atoms with Crippen LogP contribution < -0.4 is 0 Å². The fourth-order valence-corrected chi connectivity index (χ4v) is 8.62. The van der Waals surface area contributed by atoms with Gasteiger partial charge in [0.05, 0.1) is 5.41 Å². The van der Waals surface area contributed by atoms with Gasteiger partial charge in [-0.2, -0.15) is 0 Å². The quantitative estimate of drug-likeness (QED) is 0.566. The second kappa shape index (κ2) is 9.54. The Hall–Kier alpha value is -2.29. The van der Waals surface area contributed by atoms with Gasteiger partial charge < -0.3 is 5.11 Å². The van der Waals surface area contributed by atoms with E-state index in [9.17, 15) is 18.9 Å². The predicted octanol–water partition coefficient (Wildman–Crippen LogP) is 5.28. The first-order valence-electron chi connectivity index (χ1n) is 13.3. The van der Waals surface area contributed by atoms with E-state index < -0.39 is 16.2 Å². The van der Waals surface area contributed by atoms with Crippen molar-refractivity contribution >= 4 is 22.4 Å². The third-order valence-electron chi connectivity index (χ3n) is 9.72. The largest absolute Gasteiger partial charge is 0.384 e. The van der Waals surface area contributed by atoms with Crippen LogP contribution in [0.25, 0.3) is 0 Å². The lowest BCUT2D eigenvalue weighted by molar-refractivity contribution is -0.132. The second-order valence-corrected chi connectivity index (χ2v) is 12.6. The van der Waals surface area contributed by atoms with Crippen molar-refractivity contribution in [2.45, 2.75) is 76.0 Å². The molecule has 0 radical (unpaired) electrons. The Labute approximate surface area is 217 Å². The Kier molecular flexibility index (Phi) is 6.72. The summed E-state index contributed by atoms with van der Waals surface area (Å²) < 4.78 is 12.1. The first-order chi connectivity index (χ1) is 17.3. The molecule has 0 saturated heterocycles. The highest BCUT2D eigenvalue weighted by Crippen LogP contribution is 2.69. The average Bonchev–Trinajstić information content (AvgIpc) is 3.18. The van der Waals surface area contributed by atoms with Gasteiger partial charge in [-0.3, -0.25) is 13.8 Å². The lowest BCUT2D eigenvalue weighted by Crippen LogP contribution is -2.50. The first kappa shape index (κ1) is 25.4. The van der Waals surface area contributed by atoms with Gasteiger partial charge in [0.2, 0.25) is 0 Å². The van der Waals surface area contributed by atoms with Gasteiger partial charge in [-0.05, 0) is 90.7 Å². The average molecular weight is 505 g/mol. The van der Waals surface area contributed by atoms with Crippen molar-refractivity contribution in [1.29, 1.82) is 0 Å². The highest BCUT2D eigenvalue weighted by molar-refractivity contribution is 7.84. The summed E-state index contributed by atoms with van der Waals surface area (Å²) in [4.78, 5) is 26.7. The molecule has 0 spiro atoms. The zero-order valence-electron chi connectivity index (χ0n) is 21.6. The fourth-order valence-electron chi connectivity index (χ4n) is 8.10. The number of ketones is 2. The van der Waals surface area contributed by atoms with E-state index in [2.05, 4.69) is 30.9 Å². The molecule has 0 aliphatic heterocycles. The summed E-state index contributed by atoms with van der Waals surface area (Å²) in [7, 11) is -1.04. The molecule has 1 N–H and O–H groups in total. The minimum Gasteiger partial charge on any atom is -0.384 e. The molecular formula is C31H36O4S. The first-order valence-corrected chi connectivity index (χ1v) is 14.9. The molecular weight excluding hydrogens is 468 g/mol. The van der Waals surface area contributed by atoms with E-state index in [1.54, 1.807) is 6.26 Å². The molecule has 2 fully saturated rings. The Morgan fingerprint density at radius 1 is 1.17 bits per heavy atom. The molecule has 5 heteroatoms. The minimum atomic E-state index is -1.04. The van der Waals surface area contributed by atoms with Gasteiger partial charge >= 0.3 is 0 Å². The van der Waals surface area contributed by atoms with E-state index >= 15 is 0 Å². The number of hydrogen-bond donors (Lipinski definition) is 1. The van der Waals surface area contributed by atoms with E-state index in [1.807, 2.05) is 25.1 Å². The Balaban J connectivity index is 1.70. The lowest BCUT2D eigenvalue weighted by atomic mass is 9.48. The van der Waals surface area contributed by atoms with Crippen LogP contribution in [0.1, 0.15) is 76.7 Å². The van der Waals surface area contributed by atoms with Crippen molar-refractivity contribution < 1.29 is 18.9 Å². The van der Waals surface area contributed by atoms with Crippen LogP contribution in [0.2, 0.25) is 0 Å². The molecule has 190 valence electrons. The molecule has 2 saturated carbocycles. The SMILES string of the molecule is CCC(=O)[C@@]1(C#CCO)CC[C@H]2[C@@H]3CCC4=CC(=O)CCC4=C3[C@@H](c3ccc(S(C)=O)cc3)C[C@@]21C. The van der Waals surface area contributed by atoms with Crippen molar-refractivity contribution in [3.8, 4) is 11.8 Å². The lowest BCUT2D eigenvalue weighted by Gasteiger charge is -2.54. The minimum absolute atomic E-state index is 0.126. The molecule has 1 aromatic carbocycles. The Morgan fingerprint density at radius 3 is 2.58 bits per heavy atom. The molecule has 5 rings (SSSR count). The summed E-state index contributed by atoms with van der Waals surface area (Å²) in [5.74, 6) is 7.48. The fraction of sp³-hybridized carbons (Fsp3) is 0.548. The van der Waals surface area contributed by atoms with Crippen LogP contribution in [0.5, 0.6) is 0 Å². The molecule has 4 nitrogen and oxygen atoms in total. The number of fused-ring (bicyclic) bond motifs is 4. The van der Waals surface area contributed by atoms with Crippen LogP contribution in [0, 0.1) is 34.5 Å². The molecule has 4 aliphatic carbocycles. The van der Waals surface area contributed by atoms with Gasteiger partial charge in [-0.15, -0.1) is 0 Å². The standard InChI is InChI=1S/C31H36O4S/c1-4-28(34)31(15-5-17-32)16-14-27-25-12-8-21-18-22(33)9-13-24(21)29(25)26(19-30(27,31)2)20-6-10-23(11-7-20)36(3)35/h6-7,10-11,18,25-27,32H,4,8-9,12-14,16-17,19H2,1-3H3/t25-,26+,27-,30-,31+,36?/m0/s1. The van der Waals surface area contributed by atoms with Crippen molar-refractivity contribution in [1.82, 2.24) is 0 Å². The number of carbonyl (C=O) groups is 2. The maximum absolute atomic E-state index is 13.6. The number of carbonyl (C=O) groups excluding carboxylic acids is 2. The smallest absolute Gasteiger partial charge is 0.156 e. The molecule has 4 aliphatic rings. The van der Waals surface area contributed by atoms with Gasteiger partial charge in [-0.25, -0.2) is 0 Å². The summed E-state index contributed by atoms with van der Waals surface area (Å²) in [6, 6.07) is 8.15. The van der Waals surface area contributed by atoms with E-state index in [4.69, 9.17) is 0 Å². The number of hydrogen-bond acceptors (Lipinski definition) is 4. The van der Waals surface area contributed by atoms with Crippen molar-refractivity contribution in [2.75, 3.05) is 12.9 Å². The molecule has 1 unspecified atom stereocenters. The zero-order chi connectivity index (χ0) is 25.7. The second-order valence-electron chi connectivity index (χ2n) is 11.2. The summed E-state index contributed by atoms with van der Waals surface area (Å²) in [6.45, 7) is 3.97. The molecule has 1 aromatic rings. The third-order valence-corrected chi connectivity index (χ3v) is 10.7. The number of Topliss-reactive ketones (excluding diaryl/α,β-unsaturated/α-hetero) is 1. The molecule has 36 heavy (non-hydrogen) atoms. The third kappa shape index (κ3) is 3.80. The van der Waals surface area contributed by atoms with Crippen LogP contribution in [-0.2, 0) is 20.4 Å². The Morgan fingerprint density at radius 2 is 1.92 bits per heavy atom. The number of aliphatic hydroxyl groups is 1. The van der Waals surface area contributed by atoms with Crippen molar-refractivity contribution in [2.24, 2.45) is 22.7 Å². The van der Waals surface area contributed by atoms with Crippen molar-refractivity contribution in [3.63, 3.8) is 0 Å². The zero-order valence-corrected chi connectivity index (χ0v) is 22.4. The number of allylic oxidation sites excluding steroid dienone is 4. The summed E-state index contributed by atoms with van der Waals surface area (Å²) in [5.41, 5.74) is 4.21. The van der Waals surface area contributed by atoms with Crippen LogP contribution in [-0.4, -0.2) is 33.7 Å². The van der Waals surface area contributed by atoms with Gasteiger partial charge in [0.1, 0.15) is 6.61 Å². The maximum Gasteiger partial charge on any atom is 0.156 e. The van der Waals surface area contributed by atoms with Gasteiger partial charge in [0.15, 0.2) is 11.6 Å². The topological polar surface area (TPSA) is 71.4 Å². The van der Waals surface area contributed by atoms with Crippen LogP contribution in [0.4, 0.5) is 0 Å². The summed E-state index contributed by atoms with van der Waals surface area (Å²) >= 11 is 0. The summed E-state index contributed by atoms with van der Waals surface area (Å²) in [6.07, 6.45) is 9.82. The van der Waals surface area contributed by atoms with Gasteiger partial charge in [0, 0.05) is 40.7 Å². The number of benzene rings is 1. The number of aliphatic hydroxyl groups excluding tert-OH is 1. The molecule has 6 atom stereocenters. The van der Waals surface area contributed by atoms with E-state index in [-0.39, 0.29) is 29.5 Å². The van der Waals surface area contributed by atoms with Crippen molar-refractivity contribution in [3.05, 3.63) is 52.6 Å². The monoisotopic (exact) mass is 504 g/mol. The van der Waals surface area contributed by atoms with Crippen LogP contribution >= 0.6 is 0 Å². The molecule has 0 aromatic heterocycles. The van der Waals surface area contributed by atoms with E-state index in [0.717, 1.165) is 43.4 Å². The molecule has 0 heterocycles. The normalized spacial score (nSPS) is 34.1. The van der Waals surface area contributed by atoms with Crippen LogP contribution in [0.3, 0.4) is 0 Å². The van der Waals surface area contributed by atoms with E-state index in [0.29, 0.717) is 24.7 Å². The number of rotatable bonds is 4. The Bertz CT molecular complexity index is 1240. The van der Waals surface area contributed by atoms with E-state index in [1.165, 1.54) is 22.3 Å². The molecule has 0 amide bonds. The highest BCUT2D eigenvalue weighted by Gasteiger charge is 2.65. The predicted molar refractivity (Wildman–Crippen MR) is 142 cm³/mol.